The van der Waals surface area contributed by atoms with Gasteiger partial charge in [-0.1, -0.05) is 61.9 Å². The summed E-state index contributed by atoms with van der Waals surface area (Å²) < 4.78 is 6.75. The highest BCUT2D eigenvalue weighted by Gasteiger charge is 2.39. The van der Waals surface area contributed by atoms with E-state index in [1.54, 1.807) is 0 Å². The highest BCUT2D eigenvalue weighted by Crippen LogP contribution is 2.41. The summed E-state index contributed by atoms with van der Waals surface area (Å²) in [6.45, 7) is 6.53. The number of fused-ring (bicyclic) bond motifs is 1. The second kappa shape index (κ2) is 9.15. The molecule has 3 nitrogen and oxygen atoms in total. The molecule has 0 unspecified atom stereocenters. The predicted octanol–water partition coefficient (Wildman–Crippen LogP) is 6.11. The average molecular weight is 429 g/mol. The van der Waals surface area contributed by atoms with E-state index >= 15 is 0 Å². The molecule has 0 radical (unpaired) electrons. The van der Waals surface area contributed by atoms with Gasteiger partial charge in [0.25, 0.3) is 0 Å². The zero-order valence-corrected chi connectivity index (χ0v) is 19.6. The highest BCUT2D eigenvalue weighted by molar-refractivity contribution is 5.73. The number of ether oxygens (including phenoxy) is 1. The van der Waals surface area contributed by atoms with Crippen molar-refractivity contribution >= 4 is 11.3 Å². The van der Waals surface area contributed by atoms with E-state index in [1.165, 1.54) is 34.4 Å². The van der Waals surface area contributed by atoms with Gasteiger partial charge in [0.15, 0.2) is 0 Å². The molecular formula is C29H36N2O. The van der Waals surface area contributed by atoms with Crippen LogP contribution < -0.4 is 9.64 Å². The molecule has 0 aromatic heterocycles. The lowest BCUT2D eigenvalue weighted by Crippen LogP contribution is -2.47. The van der Waals surface area contributed by atoms with Crippen LogP contribution in [0.1, 0.15) is 50.2 Å². The van der Waals surface area contributed by atoms with E-state index in [0.717, 1.165) is 64.0 Å². The van der Waals surface area contributed by atoms with E-state index in [1.807, 2.05) is 0 Å². The summed E-state index contributed by atoms with van der Waals surface area (Å²) in [6, 6.07) is 17.8. The zero-order valence-electron chi connectivity index (χ0n) is 19.6. The normalized spacial score (nSPS) is 20.4. The number of nitrogens with zero attached hydrogens (tertiary/aromatic N) is 2. The molecule has 2 heterocycles. The van der Waals surface area contributed by atoms with Gasteiger partial charge in [-0.25, -0.2) is 0 Å². The summed E-state index contributed by atoms with van der Waals surface area (Å²) >= 11 is 0. The summed E-state index contributed by atoms with van der Waals surface area (Å²) in [4.78, 5) is 4.98. The number of hydrogen-bond donors (Lipinski definition) is 0. The molecule has 0 amide bonds. The van der Waals surface area contributed by atoms with Crippen molar-refractivity contribution < 1.29 is 4.74 Å². The lowest BCUT2D eigenvalue weighted by Gasteiger charge is -2.40. The Labute approximate surface area is 193 Å². The number of piperidine rings is 1. The van der Waals surface area contributed by atoms with Gasteiger partial charge in [-0.2, -0.15) is 0 Å². The van der Waals surface area contributed by atoms with E-state index in [2.05, 4.69) is 84.5 Å². The van der Waals surface area contributed by atoms with E-state index in [4.69, 9.17) is 4.74 Å². The molecule has 0 atom stereocenters. The molecule has 2 aromatic carbocycles. The van der Waals surface area contributed by atoms with Crippen LogP contribution in [0.5, 0.6) is 5.75 Å². The fourth-order valence-corrected chi connectivity index (χ4v) is 5.44. The number of allylic oxidation sites excluding steroid dienone is 3. The minimum atomic E-state index is -0.00938. The number of para-hydroxylation sites is 2. The maximum absolute atomic E-state index is 6.75. The Morgan fingerprint density at radius 2 is 1.75 bits per heavy atom. The van der Waals surface area contributed by atoms with Gasteiger partial charge in [-0.15, -0.1) is 0 Å². The van der Waals surface area contributed by atoms with Crippen molar-refractivity contribution in [2.45, 2.75) is 51.0 Å². The summed E-state index contributed by atoms with van der Waals surface area (Å²) in [6.07, 6.45) is 11.4. The Morgan fingerprint density at radius 1 is 0.938 bits per heavy atom. The summed E-state index contributed by atoms with van der Waals surface area (Å²) in [7, 11) is 2.22. The molecule has 168 valence electrons. The Bertz CT molecular complexity index is 1010. The van der Waals surface area contributed by atoms with Crippen molar-refractivity contribution in [3.63, 3.8) is 0 Å². The van der Waals surface area contributed by atoms with Crippen molar-refractivity contribution in [3.8, 4) is 5.75 Å². The number of hydrogen-bond acceptors (Lipinski definition) is 3. The molecule has 1 aliphatic carbocycles. The molecule has 1 saturated heterocycles. The van der Waals surface area contributed by atoms with Gasteiger partial charge >= 0.3 is 0 Å². The smallest absolute Gasteiger partial charge is 0.143 e. The van der Waals surface area contributed by atoms with Crippen molar-refractivity contribution in [2.24, 2.45) is 0 Å². The molecule has 0 saturated carbocycles. The SMILES string of the molecule is CCCc1cccc(C2=CC=C(CN3CCC4(CCN(C)CC4)Oc4ccccc43)C2)c1. The van der Waals surface area contributed by atoms with Crippen LogP contribution in [-0.4, -0.2) is 43.7 Å². The third kappa shape index (κ3) is 4.49. The van der Waals surface area contributed by atoms with Gasteiger partial charge < -0.3 is 14.5 Å². The van der Waals surface area contributed by atoms with Gasteiger partial charge in [0, 0.05) is 32.6 Å². The quantitative estimate of drug-likeness (QED) is 0.572. The van der Waals surface area contributed by atoms with E-state index in [9.17, 15) is 0 Å². The monoisotopic (exact) mass is 428 g/mol. The zero-order chi connectivity index (χ0) is 22.0. The number of likely N-dealkylation sites (tertiary alicyclic amines) is 1. The molecule has 3 heteroatoms. The first-order chi connectivity index (χ1) is 15.6. The summed E-state index contributed by atoms with van der Waals surface area (Å²) in [5.74, 6) is 1.06. The Balaban J connectivity index is 1.29. The molecule has 5 rings (SSSR count). The number of aryl methyl sites for hydroxylation is 1. The summed E-state index contributed by atoms with van der Waals surface area (Å²) in [5, 5.41) is 0. The second-order valence-electron chi connectivity index (χ2n) is 9.87. The van der Waals surface area contributed by atoms with Crippen molar-refractivity contribution in [1.29, 1.82) is 0 Å². The number of benzene rings is 2. The van der Waals surface area contributed by atoms with Gasteiger partial charge in [0.1, 0.15) is 11.4 Å². The maximum atomic E-state index is 6.75. The van der Waals surface area contributed by atoms with Crippen LogP contribution in [0.15, 0.2) is 66.3 Å². The number of rotatable bonds is 5. The van der Waals surface area contributed by atoms with Gasteiger partial charge in [-0.3, -0.25) is 0 Å². The van der Waals surface area contributed by atoms with Crippen LogP contribution in [0.25, 0.3) is 5.57 Å². The van der Waals surface area contributed by atoms with Crippen LogP contribution in [-0.2, 0) is 6.42 Å². The molecule has 0 bridgehead atoms. The topological polar surface area (TPSA) is 15.7 Å². The molecule has 32 heavy (non-hydrogen) atoms. The fraction of sp³-hybridized carbons (Fsp3) is 0.448. The molecule has 2 aromatic rings. The highest BCUT2D eigenvalue weighted by atomic mass is 16.5. The van der Waals surface area contributed by atoms with Gasteiger partial charge in [0.05, 0.1) is 5.69 Å². The second-order valence-corrected chi connectivity index (χ2v) is 9.87. The third-order valence-electron chi connectivity index (χ3n) is 7.44. The van der Waals surface area contributed by atoms with E-state index in [-0.39, 0.29) is 5.60 Å². The lowest BCUT2D eigenvalue weighted by molar-refractivity contribution is 0.00635. The fourth-order valence-electron chi connectivity index (χ4n) is 5.44. The Morgan fingerprint density at radius 3 is 2.59 bits per heavy atom. The lowest BCUT2D eigenvalue weighted by atomic mass is 9.88. The Kier molecular flexibility index (Phi) is 6.10. The first-order valence-corrected chi connectivity index (χ1v) is 12.3. The van der Waals surface area contributed by atoms with Crippen LogP contribution in [0.3, 0.4) is 0 Å². The van der Waals surface area contributed by atoms with Gasteiger partial charge in [0.2, 0.25) is 0 Å². The van der Waals surface area contributed by atoms with Crippen molar-refractivity contribution in [2.75, 3.05) is 38.1 Å². The first kappa shape index (κ1) is 21.3. The van der Waals surface area contributed by atoms with E-state index < -0.39 is 0 Å². The molecule has 0 N–H and O–H groups in total. The van der Waals surface area contributed by atoms with Crippen LogP contribution in [0.4, 0.5) is 5.69 Å². The minimum absolute atomic E-state index is 0.00938. The van der Waals surface area contributed by atoms with Crippen molar-refractivity contribution in [3.05, 3.63) is 77.4 Å². The van der Waals surface area contributed by atoms with Crippen LogP contribution >= 0.6 is 0 Å². The predicted molar refractivity (Wildman–Crippen MR) is 134 cm³/mol. The van der Waals surface area contributed by atoms with E-state index in [0.29, 0.717) is 0 Å². The molecule has 3 aliphatic rings. The van der Waals surface area contributed by atoms with Crippen LogP contribution in [0.2, 0.25) is 0 Å². The maximum Gasteiger partial charge on any atom is 0.143 e. The third-order valence-corrected chi connectivity index (χ3v) is 7.44. The largest absolute Gasteiger partial charge is 0.485 e. The average Bonchev–Trinajstić information content (AvgIpc) is 3.22. The molecular weight excluding hydrogens is 392 g/mol. The number of anilines is 1. The van der Waals surface area contributed by atoms with Crippen LogP contribution in [0, 0.1) is 0 Å². The standard InChI is InChI=1S/C29H36N2O/c1-3-7-23-8-6-9-25(20-23)26-13-12-24(21-26)22-31-19-16-29(14-17-30(2)18-15-29)32-28-11-5-4-10-27(28)31/h4-6,8-13,20H,3,7,14-19,21-22H2,1-2H3. The minimum Gasteiger partial charge on any atom is -0.485 e. The summed E-state index contributed by atoms with van der Waals surface area (Å²) in [5.41, 5.74) is 7.01. The first-order valence-electron chi connectivity index (χ1n) is 12.3. The molecule has 1 spiro atoms. The Hall–Kier alpha value is -2.52. The van der Waals surface area contributed by atoms with Gasteiger partial charge in [-0.05, 0) is 67.1 Å². The molecule has 2 aliphatic heterocycles. The van der Waals surface area contributed by atoms with Crippen molar-refractivity contribution in [1.82, 2.24) is 4.90 Å². The molecule has 1 fully saturated rings.